The zero-order valence-electron chi connectivity index (χ0n) is 18.7. The highest BCUT2D eigenvalue weighted by Crippen LogP contribution is 2.26. The van der Waals surface area contributed by atoms with Gasteiger partial charge >= 0.3 is 0 Å². The van der Waals surface area contributed by atoms with Gasteiger partial charge in [-0.15, -0.1) is 0 Å². The van der Waals surface area contributed by atoms with Crippen LogP contribution in [0.25, 0.3) is 11.0 Å². The van der Waals surface area contributed by atoms with E-state index < -0.39 is 0 Å². The van der Waals surface area contributed by atoms with Crippen molar-refractivity contribution < 1.29 is 9.53 Å². The Morgan fingerprint density at radius 3 is 2.58 bits per heavy atom. The highest BCUT2D eigenvalue weighted by molar-refractivity contribution is 7.99. The molecule has 0 aliphatic rings. The first-order valence-corrected chi connectivity index (χ1v) is 11.3. The minimum atomic E-state index is -0.176. The van der Waals surface area contributed by atoms with Gasteiger partial charge in [0.1, 0.15) is 11.6 Å². The average Bonchev–Trinajstić information content (AvgIpc) is 3.10. The number of amides is 1. The first-order chi connectivity index (χ1) is 14.8. The SMILES string of the molecule is Cc1ccc(OCC(=O)NCCn2ncc3c(NC(C)C)nc(SC(C)C)nc32)cc1. The summed E-state index contributed by atoms with van der Waals surface area (Å²) in [6.07, 6.45) is 1.77. The number of aryl methyl sites for hydroxylation is 1. The highest BCUT2D eigenvalue weighted by Gasteiger charge is 2.15. The van der Waals surface area contributed by atoms with Crippen LogP contribution in [0.1, 0.15) is 33.3 Å². The number of aromatic nitrogens is 4. The molecule has 0 atom stereocenters. The number of fused-ring (bicyclic) bond motifs is 1. The van der Waals surface area contributed by atoms with Crippen molar-refractivity contribution in [2.24, 2.45) is 0 Å². The number of rotatable bonds is 10. The maximum atomic E-state index is 12.1. The third kappa shape index (κ3) is 6.58. The Morgan fingerprint density at radius 2 is 1.90 bits per heavy atom. The van der Waals surface area contributed by atoms with E-state index >= 15 is 0 Å². The van der Waals surface area contributed by atoms with Crippen molar-refractivity contribution in [1.82, 2.24) is 25.1 Å². The standard InChI is InChI=1S/C22H30N6O2S/c1-14(2)25-20-18-12-24-28(21(18)27-22(26-20)31-15(3)4)11-10-23-19(29)13-30-17-8-6-16(5)7-9-17/h6-9,12,14-15H,10-11,13H2,1-5H3,(H,23,29)(H,25,26,27). The molecule has 0 saturated heterocycles. The molecule has 1 aromatic carbocycles. The van der Waals surface area contributed by atoms with Gasteiger partial charge in [0.05, 0.1) is 18.1 Å². The number of hydrogen-bond donors (Lipinski definition) is 2. The van der Waals surface area contributed by atoms with Gasteiger partial charge < -0.3 is 15.4 Å². The second-order valence-corrected chi connectivity index (χ2v) is 9.42. The fraction of sp³-hybridized carbons (Fsp3) is 0.455. The van der Waals surface area contributed by atoms with Gasteiger partial charge in [-0.1, -0.05) is 43.3 Å². The summed E-state index contributed by atoms with van der Waals surface area (Å²) in [6, 6.07) is 7.85. The van der Waals surface area contributed by atoms with E-state index in [2.05, 4.69) is 48.4 Å². The van der Waals surface area contributed by atoms with Crippen molar-refractivity contribution in [2.75, 3.05) is 18.5 Å². The molecule has 0 fully saturated rings. The number of benzene rings is 1. The van der Waals surface area contributed by atoms with Crippen molar-refractivity contribution in [2.45, 2.75) is 57.6 Å². The van der Waals surface area contributed by atoms with Gasteiger partial charge in [0, 0.05) is 17.8 Å². The summed E-state index contributed by atoms with van der Waals surface area (Å²) in [7, 11) is 0. The molecule has 0 spiro atoms. The lowest BCUT2D eigenvalue weighted by molar-refractivity contribution is -0.123. The fourth-order valence-electron chi connectivity index (χ4n) is 2.88. The molecule has 8 nitrogen and oxygen atoms in total. The number of hydrogen-bond acceptors (Lipinski definition) is 7. The third-order valence-corrected chi connectivity index (χ3v) is 5.14. The van der Waals surface area contributed by atoms with E-state index in [1.807, 2.05) is 31.2 Å². The molecule has 2 N–H and O–H groups in total. The monoisotopic (exact) mass is 442 g/mol. The Kier molecular flexibility index (Phi) is 7.73. The molecule has 166 valence electrons. The summed E-state index contributed by atoms with van der Waals surface area (Å²) in [5.74, 6) is 1.28. The van der Waals surface area contributed by atoms with Crippen LogP contribution < -0.4 is 15.4 Å². The second kappa shape index (κ2) is 10.5. The Bertz CT molecular complexity index is 1020. The first kappa shape index (κ1) is 22.9. The van der Waals surface area contributed by atoms with Gasteiger partial charge in [-0.3, -0.25) is 4.79 Å². The Morgan fingerprint density at radius 1 is 1.16 bits per heavy atom. The van der Waals surface area contributed by atoms with Crippen molar-refractivity contribution in [3.05, 3.63) is 36.0 Å². The molecule has 2 heterocycles. The molecule has 0 saturated carbocycles. The van der Waals surface area contributed by atoms with Crippen molar-refractivity contribution in [1.29, 1.82) is 0 Å². The summed E-state index contributed by atoms with van der Waals surface area (Å²) >= 11 is 1.61. The van der Waals surface area contributed by atoms with Crippen LogP contribution in [0.2, 0.25) is 0 Å². The van der Waals surface area contributed by atoms with Crippen LogP contribution >= 0.6 is 11.8 Å². The number of nitrogens with one attached hydrogen (secondary N) is 2. The Labute approximate surface area is 187 Å². The van der Waals surface area contributed by atoms with E-state index in [4.69, 9.17) is 9.72 Å². The molecular formula is C22H30N6O2S. The maximum Gasteiger partial charge on any atom is 0.258 e. The summed E-state index contributed by atoms with van der Waals surface area (Å²) < 4.78 is 7.32. The average molecular weight is 443 g/mol. The highest BCUT2D eigenvalue weighted by atomic mass is 32.2. The number of carbonyl (C=O) groups is 1. The Hall–Kier alpha value is -2.81. The number of nitrogens with zero attached hydrogens (tertiary/aromatic N) is 4. The van der Waals surface area contributed by atoms with Crippen LogP contribution in [0.15, 0.2) is 35.6 Å². The molecule has 0 radical (unpaired) electrons. The largest absolute Gasteiger partial charge is 0.484 e. The zero-order valence-corrected chi connectivity index (χ0v) is 19.5. The predicted octanol–water partition coefficient (Wildman–Crippen LogP) is 3.65. The summed E-state index contributed by atoms with van der Waals surface area (Å²) in [4.78, 5) is 21.5. The summed E-state index contributed by atoms with van der Waals surface area (Å²) in [5, 5.41) is 12.7. The first-order valence-electron chi connectivity index (χ1n) is 10.4. The van der Waals surface area contributed by atoms with Crippen LogP contribution in [0.4, 0.5) is 5.82 Å². The van der Waals surface area contributed by atoms with Crippen LogP contribution in [0.3, 0.4) is 0 Å². The molecule has 3 rings (SSSR count). The number of anilines is 1. The van der Waals surface area contributed by atoms with E-state index in [0.717, 1.165) is 22.4 Å². The molecule has 0 unspecified atom stereocenters. The molecule has 1 amide bonds. The lowest BCUT2D eigenvalue weighted by Crippen LogP contribution is -2.31. The molecule has 0 aliphatic heterocycles. The van der Waals surface area contributed by atoms with Crippen LogP contribution in [-0.4, -0.2) is 50.1 Å². The molecular weight excluding hydrogens is 412 g/mol. The minimum Gasteiger partial charge on any atom is -0.484 e. The van der Waals surface area contributed by atoms with Gasteiger partial charge in [0.15, 0.2) is 17.4 Å². The molecule has 2 aromatic heterocycles. The number of thioether (sulfide) groups is 1. The lowest BCUT2D eigenvalue weighted by Gasteiger charge is -2.12. The zero-order chi connectivity index (χ0) is 22.4. The van der Waals surface area contributed by atoms with Crippen LogP contribution in [-0.2, 0) is 11.3 Å². The second-order valence-electron chi connectivity index (χ2n) is 7.88. The molecule has 9 heteroatoms. The lowest BCUT2D eigenvalue weighted by atomic mass is 10.2. The van der Waals surface area contributed by atoms with Gasteiger partial charge in [-0.2, -0.15) is 5.10 Å². The quantitative estimate of drug-likeness (QED) is 0.366. The predicted molar refractivity (Wildman–Crippen MR) is 125 cm³/mol. The van der Waals surface area contributed by atoms with Crippen LogP contribution in [0, 0.1) is 6.92 Å². The normalized spacial score (nSPS) is 11.3. The van der Waals surface area contributed by atoms with E-state index in [0.29, 0.717) is 29.2 Å². The molecule has 0 aliphatic carbocycles. The van der Waals surface area contributed by atoms with Crippen LogP contribution in [0.5, 0.6) is 5.75 Å². The van der Waals surface area contributed by atoms with E-state index in [-0.39, 0.29) is 18.6 Å². The van der Waals surface area contributed by atoms with Crippen molar-refractivity contribution >= 4 is 34.5 Å². The van der Waals surface area contributed by atoms with Gasteiger partial charge in [-0.05, 0) is 32.9 Å². The fourth-order valence-corrected chi connectivity index (χ4v) is 3.59. The maximum absolute atomic E-state index is 12.1. The number of ether oxygens (including phenoxy) is 1. The van der Waals surface area contributed by atoms with Gasteiger partial charge in [0.2, 0.25) is 0 Å². The van der Waals surface area contributed by atoms with Gasteiger partial charge in [0.25, 0.3) is 5.91 Å². The smallest absolute Gasteiger partial charge is 0.258 e. The summed E-state index contributed by atoms with van der Waals surface area (Å²) in [6.45, 7) is 11.3. The van der Waals surface area contributed by atoms with Crippen molar-refractivity contribution in [3.63, 3.8) is 0 Å². The van der Waals surface area contributed by atoms with Gasteiger partial charge in [-0.25, -0.2) is 14.6 Å². The summed E-state index contributed by atoms with van der Waals surface area (Å²) in [5.41, 5.74) is 1.90. The van der Waals surface area contributed by atoms with E-state index in [9.17, 15) is 4.79 Å². The van der Waals surface area contributed by atoms with E-state index in [1.165, 1.54) is 0 Å². The van der Waals surface area contributed by atoms with E-state index in [1.54, 1.807) is 22.6 Å². The minimum absolute atomic E-state index is 0.0251. The molecule has 0 bridgehead atoms. The van der Waals surface area contributed by atoms with Crippen molar-refractivity contribution in [3.8, 4) is 5.75 Å². The Balaban J connectivity index is 1.62. The number of carbonyl (C=O) groups excluding carboxylic acids is 1. The molecule has 3 aromatic rings. The third-order valence-electron chi connectivity index (χ3n) is 4.28. The molecule has 31 heavy (non-hydrogen) atoms. The topological polar surface area (TPSA) is 94.0 Å².